The molecule has 4 rings (SSSR count). The Kier molecular flexibility index (Phi) is 5.31. The molecule has 0 spiro atoms. The van der Waals surface area contributed by atoms with Crippen LogP contribution in [-0.4, -0.2) is 29.9 Å². The van der Waals surface area contributed by atoms with Gasteiger partial charge in [0.15, 0.2) is 16.6 Å². The average Bonchev–Trinajstić information content (AvgIpc) is 3.13. The van der Waals surface area contributed by atoms with Crippen molar-refractivity contribution in [1.29, 1.82) is 0 Å². The number of hydrogen-bond acceptors (Lipinski definition) is 6. The first-order valence-electron chi connectivity index (χ1n) is 8.53. The highest BCUT2D eigenvalue weighted by Gasteiger charge is 2.21. The molecule has 2 heterocycles. The Morgan fingerprint density at radius 1 is 1.15 bits per heavy atom. The van der Waals surface area contributed by atoms with Crippen LogP contribution in [-0.2, 0) is 4.79 Å². The number of carbonyl (C=O) groups is 1. The number of thioether (sulfide) groups is 1. The van der Waals surface area contributed by atoms with Crippen molar-refractivity contribution in [2.45, 2.75) is 11.8 Å². The number of para-hydroxylation sites is 1. The van der Waals surface area contributed by atoms with Gasteiger partial charge in [-0.2, -0.15) is 0 Å². The van der Waals surface area contributed by atoms with E-state index in [4.69, 9.17) is 9.47 Å². The molecule has 0 aliphatic carbocycles. The van der Waals surface area contributed by atoms with E-state index in [-0.39, 0.29) is 5.91 Å². The average molecular weight is 399 g/mol. The molecule has 138 valence electrons. The number of hydrogen-bond donors (Lipinski definition) is 0. The molecule has 1 aliphatic rings. The Morgan fingerprint density at radius 2 is 1.93 bits per heavy atom. The smallest absolute Gasteiger partial charge is 0.243 e. The van der Waals surface area contributed by atoms with E-state index in [1.54, 1.807) is 4.90 Å². The molecule has 0 bridgehead atoms. The van der Waals surface area contributed by atoms with Crippen molar-refractivity contribution in [2.75, 3.05) is 23.9 Å². The van der Waals surface area contributed by atoms with E-state index in [1.165, 1.54) is 23.1 Å². The van der Waals surface area contributed by atoms with Gasteiger partial charge in [0.2, 0.25) is 5.91 Å². The van der Waals surface area contributed by atoms with Crippen LogP contribution < -0.4 is 14.4 Å². The molecule has 7 heteroatoms. The molecule has 0 saturated carbocycles. The normalized spacial score (nSPS) is 12.6. The topological polar surface area (TPSA) is 51.7 Å². The van der Waals surface area contributed by atoms with E-state index in [2.05, 4.69) is 4.98 Å². The number of amides is 1. The van der Waals surface area contributed by atoms with Crippen LogP contribution in [0.1, 0.15) is 5.69 Å². The molecular weight excluding hydrogens is 380 g/mol. The summed E-state index contributed by atoms with van der Waals surface area (Å²) in [4.78, 5) is 20.2. The van der Waals surface area contributed by atoms with Gasteiger partial charge in [0.25, 0.3) is 0 Å². The number of aromatic nitrogens is 1. The number of carbonyl (C=O) groups excluding carboxylic acids is 1. The first-order chi connectivity index (χ1) is 13.2. The molecule has 0 N–H and O–H groups in total. The van der Waals surface area contributed by atoms with Crippen molar-refractivity contribution in [3.8, 4) is 11.5 Å². The molecule has 0 unspecified atom stereocenters. The van der Waals surface area contributed by atoms with E-state index < -0.39 is 0 Å². The zero-order chi connectivity index (χ0) is 18.6. The van der Waals surface area contributed by atoms with E-state index in [0.717, 1.165) is 27.8 Å². The largest absolute Gasteiger partial charge is 0.486 e. The Bertz CT molecular complexity index is 943. The summed E-state index contributed by atoms with van der Waals surface area (Å²) in [6.45, 7) is 3.04. The fourth-order valence-corrected chi connectivity index (χ4v) is 4.32. The summed E-state index contributed by atoms with van der Waals surface area (Å²) in [5, 5.41) is 2.64. The second kappa shape index (κ2) is 8.02. The SMILES string of the molecule is Cc1csc(N(C(=O)CSc2ccc3c(c2)OCCO3)c2ccccc2)n1. The monoisotopic (exact) mass is 398 g/mol. The maximum absolute atomic E-state index is 13.0. The number of aryl methyl sites for hydroxylation is 1. The van der Waals surface area contributed by atoms with Crippen LogP contribution in [0.3, 0.4) is 0 Å². The minimum absolute atomic E-state index is 0.0181. The number of fused-ring (bicyclic) bond motifs is 1. The molecule has 5 nitrogen and oxygen atoms in total. The lowest BCUT2D eigenvalue weighted by Gasteiger charge is -2.20. The second-order valence-electron chi connectivity index (χ2n) is 5.93. The third kappa shape index (κ3) is 4.09. The molecular formula is C20H18N2O3S2. The van der Waals surface area contributed by atoms with Gasteiger partial charge in [0.05, 0.1) is 17.1 Å². The van der Waals surface area contributed by atoms with Crippen molar-refractivity contribution < 1.29 is 14.3 Å². The molecule has 1 aliphatic heterocycles. The molecule has 0 atom stereocenters. The van der Waals surface area contributed by atoms with E-state index in [9.17, 15) is 4.79 Å². The zero-order valence-corrected chi connectivity index (χ0v) is 16.4. The molecule has 2 aromatic carbocycles. The van der Waals surface area contributed by atoms with Crippen LogP contribution in [0, 0.1) is 6.92 Å². The number of rotatable bonds is 5. The summed E-state index contributed by atoms with van der Waals surface area (Å²) in [7, 11) is 0. The van der Waals surface area contributed by atoms with E-state index in [1.807, 2.05) is 60.8 Å². The Morgan fingerprint density at radius 3 is 2.67 bits per heavy atom. The van der Waals surface area contributed by atoms with Crippen molar-refractivity contribution >= 4 is 39.8 Å². The highest BCUT2D eigenvalue weighted by atomic mass is 32.2. The van der Waals surface area contributed by atoms with Gasteiger partial charge in [0.1, 0.15) is 13.2 Å². The number of anilines is 2. The summed E-state index contributed by atoms with van der Waals surface area (Å²) in [5.41, 5.74) is 1.72. The third-order valence-corrected chi connectivity index (χ3v) is 5.86. The fraction of sp³-hybridized carbons (Fsp3) is 0.200. The Balaban J connectivity index is 1.52. The van der Waals surface area contributed by atoms with Gasteiger partial charge in [-0.25, -0.2) is 4.98 Å². The molecule has 0 saturated heterocycles. The summed E-state index contributed by atoms with van der Waals surface area (Å²) in [6, 6.07) is 15.4. The van der Waals surface area contributed by atoms with Crippen molar-refractivity contribution in [3.63, 3.8) is 0 Å². The highest BCUT2D eigenvalue weighted by Crippen LogP contribution is 2.35. The minimum Gasteiger partial charge on any atom is -0.486 e. The Labute approximate surface area is 165 Å². The van der Waals surface area contributed by atoms with Crippen LogP contribution in [0.5, 0.6) is 11.5 Å². The van der Waals surface area contributed by atoms with Crippen LogP contribution >= 0.6 is 23.1 Å². The Hall–Kier alpha value is -2.51. The van der Waals surface area contributed by atoms with Crippen LogP contribution in [0.15, 0.2) is 58.8 Å². The van der Waals surface area contributed by atoms with Gasteiger partial charge in [0, 0.05) is 10.3 Å². The van der Waals surface area contributed by atoms with Crippen molar-refractivity contribution in [3.05, 3.63) is 59.6 Å². The molecule has 3 aromatic rings. The predicted molar refractivity (Wildman–Crippen MR) is 109 cm³/mol. The molecule has 1 aromatic heterocycles. The van der Waals surface area contributed by atoms with Gasteiger partial charge in [-0.1, -0.05) is 18.2 Å². The third-order valence-electron chi connectivity index (χ3n) is 3.94. The fourth-order valence-electron chi connectivity index (χ4n) is 2.71. The van der Waals surface area contributed by atoms with Gasteiger partial charge < -0.3 is 9.47 Å². The zero-order valence-electron chi connectivity index (χ0n) is 14.8. The van der Waals surface area contributed by atoms with Gasteiger partial charge in [-0.3, -0.25) is 9.69 Å². The van der Waals surface area contributed by atoms with Crippen LogP contribution in [0.2, 0.25) is 0 Å². The summed E-state index contributed by atoms with van der Waals surface area (Å²) in [6.07, 6.45) is 0. The first-order valence-corrected chi connectivity index (χ1v) is 10.4. The van der Waals surface area contributed by atoms with Crippen LogP contribution in [0.4, 0.5) is 10.8 Å². The second-order valence-corrected chi connectivity index (χ2v) is 7.82. The molecule has 0 fully saturated rings. The lowest BCUT2D eigenvalue weighted by molar-refractivity contribution is -0.115. The molecule has 27 heavy (non-hydrogen) atoms. The van der Waals surface area contributed by atoms with E-state index >= 15 is 0 Å². The van der Waals surface area contributed by atoms with Crippen molar-refractivity contribution in [2.24, 2.45) is 0 Å². The van der Waals surface area contributed by atoms with Crippen LogP contribution in [0.25, 0.3) is 0 Å². The van der Waals surface area contributed by atoms with Gasteiger partial charge in [-0.15, -0.1) is 23.1 Å². The lowest BCUT2D eigenvalue weighted by atomic mass is 10.3. The number of thiazole rings is 1. The predicted octanol–water partition coefficient (Wildman–Crippen LogP) is 4.68. The summed E-state index contributed by atoms with van der Waals surface area (Å²) in [5.74, 6) is 1.76. The van der Waals surface area contributed by atoms with Gasteiger partial charge in [-0.05, 0) is 37.3 Å². The maximum atomic E-state index is 13.0. The minimum atomic E-state index is -0.0181. The molecule has 1 amide bonds. The van der Waals surface area contributed by atoms with E-state index in [0.29, 0.717) is 24.1 Å². The number of ether oxygens (including phenoxy) is 2. The highest BCUT2D eigenvalue weighted by molar-refractivity contribution is 8.00. The summed E-state index contributed by atoms with van der Waals surface area (Å²) < 4.78 is 11.2. The standard InChI is InChI=1S/C20H18N2O3S2/c1-14-12-27-20(21-14)22(15-5-3-2-4-6-15)19(23)13-26-16-7-8-17-18(11-16)25-10-9-24-17/h2-8,11-12H,9-10,13H2,1H3. The lowest BCUT2D eigenvalue weighted by Crippen LogP contribution is -2.27. The quantitative estimate of drug-likeness (QED) is 0.584. The number of benzene rings is 2. The molecule has 0 radical (unpaired) electrons. The van der Waals surface area contributed by atoms with Gasteiger partial charge >= 0.3 is 0 Å². The number of nitrogens with zero attached hydrogens (tertiary/aromatic N) is 2. The maximum Gasteiger partial charge on any atom is 0.243 e. The van der Waals surface area contributed by atoms with Crippen molar-refractivity contribution in [1.82, 2.24) is 4.98 Å². The first kappa shape index (κ1) is 17.9. The summed E-state index contributed by atoms with van der Waals surface area (Å²) >= 11 is 2.95.